The third kappa shape index (κ3) is 1.79. The van der Waals surface area contributed by atoms with E-state index in [-0.39, 0.29) is 5.76 Å². The molecule has 0 fully saturated rings. The first-order valence-electron chi connectivity index (χ1n) is 5.83. The van der Waals surface area contributed by atoms with E-state index in [1.165, 1.54) is 7.11 Å². The summed E-state index contributed by atoms with van der Waals surface area (Å²) in [6.07, 6.45) is 0. The van der Waals surface area contributed by atoms with Gasteiger partial charge in [0.25, 0.3) is 0 Å². The van der Waals surface area contributed by atoms with E-state index in [2.05, 4.69) is 9.84 Å². The summed E-state index contributed by atoms with van der Waals surface area (Å²) in [6.45, 7) is 1.87. The fraction of sp³-hybridized carbons (Fsp3) is 0.143. The summed E-state index contributed by atoms with van der Waals surface area (Å²) in [5.74, 6) is -0.308. The molecule has 0 aliphatic heterocycles. The molecule has 96 valence electrons. The predicted octanol–water partition coefficient (Wildman–Crippen LogP) is 2.71. The standard InChI is InChI=1S/C14H12N2O3/c1-9-11-8-12(14(17)18-2)19-13(11)16(15-9)10-6-4-3-5-7-10/h3-8H,1-2H3. The smallest absolute Gasteiger partial charge is 0.374 e. The summed E-state index contributed by atoms with van der Waals surface area (Å²) < 4.78 is 11.9. The molecule has 3 rings (SSSR count). The van der Waals surface area contributed by atoms with Gasteiger partial charge in [-0.3, -0.25) is 0 Å². The van der Waals surface area contributed by atoms with Crippen molar-refractivity contribution in [1.29, 1.82) is 0 Å². The van der Waals surface area contributed by atoms with Crippen LogP contribution < -0.4 is 0 Å². The van der Waals surface area contributed by atoms with Crippen LogP contribution in [0.5, 0.6) is 0 Å². The minimum Gasteiger partial charge on any atom is -0.463 e. The molecule has 0 atom stereocenters. The maximum Gasteiger partial charge on any atom is 0.374 e. The number of para-hydroxylation sites is 1. The van der Waals surface area contributed by atoms with Gasteiger partial charge in [-0.1, -0.05) is 18.2 Å². The zero-order valence-electron chi connectivity index (χ0n) is 10.6. The molecule has 0 unspecified atom stereocenters. The van der Waals surface area contributed by atoms with Crippen molar-refractivity contribution in [3.8, 4) is 5.69 Å². The Morgan fingerprint density at radius 2 is 2.05 bits per heavy atom. The molecule has 0 saturated heterocycles. The Kier molecular flexibility index (Phi) is 2.59. The molecule has 19 heavy (non-hydrogen) atoms. The van der Waals surface area contributed by atoms with Gasteiger partial charge in [-0.2, -0.15) is 9.78 Å². The number of carbonyl (C=O) groups is 1. The number of hydrogen-bond donors (Lipinski definition) is 0. The number of benzene rings is 1. The molecule has 0 aliphatic rings. The summed E-state index contributed by atoms with van der Waals surface area (Å²) >= 11 is 0. The van der Waals surface area contributed by atoms with Crippen molar-refractivity contribution in [3.05, 3.63) is 47.9 Å². The van der Waals surface area contributed by atoms with Crippen LogP contribution in [0.4, 0.5) is 0 Å². The highest BCUT2D eigenvalue weighted by molar-refractivity contribution is 5.92. The largest absolute Gasteiger partial charge is 0.463 e. The minimum atomic E-state index is -0.491. The number of aryl methyl sites for hydroxylation is 1. The fourth-order valence-electron chi connectivity index (χ4n) is 1.99. The molecule has 5 nitrogen and oxygen atoms in total. The Morgan fingerprint density at radius 1 is 1.32 bits per heavy atom. The van der Waals surface area contributed by atoms with Gasteiger partial charge in [0.2, 0.25) is 11.5 Å². The first-order chi connectivity index (χ1) is 9.20. The summed E-state index contributed by atoms with van der Waals surface area (Å²) in [4.78, 5) is 11.5. The van der Waals surface area contributed by atoms with Gasteiger partial charge in [-0.25, -0.2) is 4.79 Å². The van der Waals surface area contributed by atoms with E-state index in [4.69, 9.17) is 4.42 Å². The highest BCUT2D eigenvalue weighted by Gasteiger charge is 2.18. The third-order valence-electron chi connectivity index (χ3n) is 2.93. The zero-order valence-corrected chi connectivity index (χ0v) is 10.6. The van der Waals surface area contributed by atoms with Crippen LogP contribution >= 0.6 is 0 Å². The zero-order chi connectivity index (χ0) is 13.4. The van der Waals surface area contributed by atoms with E-state index in [1.54, 1.807) is 10.7 Å². The molecule has 0 N–H and O–H groups in total. The monoisotopic (exact) mass is 256 g/mol. The topological polar surface area (TPSA) is 57.3 Å². The van der Waals surface area contributed by atoms with Gasteiger partial charge in [0.15, 0.2) is 0 Å². The van der Waals surface area contributed by atoms with Crippen LogP contribution in [0.3, 0.4) is 0 Å². The number of esters is 1. The Morgan fingerprint density at radius 3 is 2.74 bits per heavy atom. The summed E-state index contributed by atoms with van der Waals surface area (Å²) in [5, 5.41) is 5.23. The van der Waals surface area contributed by atoms with Gasteiger partial charge in [-0.15, -0.1) is 0 Å². The summed E-state index contributed by atoms with van der Waals surface area (Å²) in [5.41, 5.74) is 2.23. The predicted molar refractivity (Wildman–Crippen MR) is 69.4 cm³/mol. The number of aromatic nitrogens is 2. The maximum absolute atomic E-state index is 11.5. The van der Waals surface area contributed by atoms with Crippen LogP contribution in [0.1, 0.15) is 16.2 Å². The number of ether oxygens (including phenoxy) is 1. The van der Waals surface area contributed by atoms with Crippen LogP contribution in [-0.4, -0.2) is 22.9 Å². The number of nitrogens with zero attached hydrogens (tertiary/aromatic N) is 2. The van der Waals surface area contributed by atoms with E-state index in [0.29, 0.717) is 5.71 Å². The van der Waals surface area contributed by atoms with Gasteiger partial charge in [0.1, 0.15) is 0 Å². The number of methoxy groups -OCH3 is 1. The molecule has 0 spiro atoms. The summed E-state index contributed by atoms with van der Waals surface area (Å²) in [6, 6.07) is 11.3. The number of rotatable bonds is 2. The maximum atomic E-state index is 11.5. The Balaban J connectivity index is 2.21. The van der Waals surface area contributed by atoms with Crippen LogP contribution in [0.15, 0.2) is 40.8 Å². The average molecular weight is 256 g/mol. The van der Waals surface area contributed by atoms with E-state index in [1.807, 2.05) is 37.3 Å². The number of hydrogen-bond acceptors (Lipinski definition) is 4. The number of furan rings is 1. The van der Waals surface area contributed by atoms with E-state index < -0.39 is 5.97 Å². The molecule has 1 aromatic carbocycles. The third-order valence-corrected chi connectivity index (χ3v) is 2.93. The second kappa shape index (κ2) is 4.28. The minimum absolute atomic E-state index is 0.183. The van der Waals surface area contributed by atoms with Gasteiger partial charge < -0.3 is 9.15 Å². The van der Waals surface area contributed by atoms with Crippen molar-refractivity contribution in [3.63, 3.8) is 0 Å². The van der Waals surface area contributed by atoms with Crippen LogP contribution in [0.2, 0.25) is 0 Å². The first kappa shape index (κ1) is 11.5. The lowest BCUT2D eigenvalue weighted by atomic mass is 10.3. The lowest BCUT2D eigenvalue weighted by Crippen LogP contribution is -1.99. The van der Waals surface area contributed by atoms with Crippen molar-refractivity contribution in [1.82, 2.24) is 9.78 Å². The van der Waals surface area contributed by atoms with Gasteiger partial charge >= 0.3 is 5.97 Å². The lowest BCUT2D eigenvalue weighted by Gasteiger charge is -2.00. The van der Waals surface area contributed by atoms with Gasteiger partial charge in [-0.05, 0) is 19.1 Å². The Hall–Kier alpha value is -2.56. The molecule has 2 heterocycles. The van der Waals surface area contributed by atoms with Crippen molar-refractivity contribution in [2.45, 2.75) is 6.92 Å². The second-order valence-corrected chi connectivity index (χ2v) is 4.15. The molecular formula is C14H12N2O3. The van der Waals surface area contributed by atoms with Gasteiger partial charge in [0.05, 0.1) is 23.9 Å². The molecule has 0 aliphatic carbocycles. The fourth-order valence-corrected chi connectivity index (χ4v) is 1.99. The Bertz CT molecular complexity index is 741. The normalized spacial score (nSPS) is 10.8. The van der Waals surface area contributed by atoms with Crippen LogP contribution in [0, 0.1) is 6.92 Å². The van der Waals surface area contributed by atoms with Crippen molar-refractivity contribution in [2.75, 3.05) is 7.11 Å². The van der Waals surface area contributed by atoms with Crippen LogP contribution in [0.25, 0.3) is 16.8 Å². The molecule has 0 radical (unpaired) electrons. The molecule has 5 heteroatoms. The van der Waals surface area contributed by atoms with Crippen molar-refractivity contribution in [2.24, 2.45) is 0 Å². The Labute approximate surface area is 109 Å². The molecule has 3 aromatic rings. The summed E-state index contributed by atoms with van der Waals surface area (Å²) in [7, 11) is 1.33. The lowest BCUT2D eigenvalue weighted by molar-refractivity contribution is 0.0567. The molecule has 2 aromatic heterocycles. The highest BCUT2D eigenvalue weighted by Crippen LogP contribution is 2.25. The molecule has 0 saturated carbocycles. The van der Waals surface area contributed by atoms with Crippen LogP contribution in [-0.2, 0) is 4.74 Å². The van der Waals surface area contributed by atoms with E-state index in [9.17, 15) is 4.79 Å². The molecule has 0 bridgehead atoms. The first-order valence-corrected chi connectivity index (χ1v) is 5.83. The van der Waals surface area contributed by atoms with Gasteiger partial charge in [0, 0.05) is 6.07 Å². The molecular weight excluding hydrogens is 244 g/mol. The van der Waals surface area contributed by atoms with Crippen molar-refractivity contribution >= 4 is 17.1 Å². The average Bonchev–Trinajstić information content (AvgIpc) is 3.00. The SMILES string of the molecule is COC(=O)c1cc2c(C)nn(-c3ccccc3)c2o1. The van der Waals surface area contributed by atoms with E-state index >= 15 is 0 Å². The molecule has 0 amide bonds. The van der Waals surface area contributed by atoms with Crippen molar-refractivity contribution < 1.29 is 13.9 Å². The number of fused-ring (bicyclic) bond motifs is 1. The second-order valence-electron chi connectivity index (χ2n) is 4.15. The van der Waals surface area contributed by atoms with E-state index in [0.717, 1.165) is 16.8 Å². The number of carbonyl (C=O) groups excluding carboxylic acids is 1. The quantitative estimate of drug-likeness (QED) is 0.661. The highest BCUT2D eigenvalue weighted by atomic mass is 16.5.